The van der Waals surface area contributed by atoms with Crippen LogP contribution in [0.4, 0.5) is 5.82 Å². The Morgan fingerprint density at radius 1 is 1.24 bits per heavy atom. The number of nitrogens with zero attached hydrogens (tertiary/aromatic N) is 5. The molecule has 8 nitrogen and oxygen atoms in total. The number of sulfonamides is 1. The monoisotopic (exact) mass is 485 g/mol. The maximum absolute atomic E-state index is 12.9. The summed E-state index contributed by atoms with van der Waals surface area (Å²) in [5.74, 6) is 0.788. The standard InChI is InChI=1S/C23H27N5O3S2/c1-16-12-23(6-10-33(30,31)28(23)21-13-24-7-8-25-21)5-9-27(16)14-18-3-4-20(29)19(11-18)22-17(2)32-15-26-22/h3-4,7-8,11,13,15-16,29H,5-6,9-10,12,14H2,1-2H3/t16-,23-/m0/s1. The number of benzene rings is 1. The van der Waals surface area contributed by atoms with Crippen LogP contribution < -0.4 is 4.31 Å². The number of aromatic hydroxyl groups is 1. The second-order valence-corrected chi connectivity index (χ2v) is 12.0. The molecule has 10 heteroatoms. The highest BCUT2D eigenvalue weighted by atomic mass is 32.2. The molecule has 0 radical (unpaired) electrons. The van der Waals surface area contributed by atoms with Crippen LogP contribution >= 0.6 is 11.3 Å². The summed E-state index contributed by atoms with van der Waals surface area (Å²) in [6.07, 6.45) is 6.73. The number of anilines is 1. The van der Waals surface area contributed by atoms with Gasteiger partial charge in [0.05, 0.1) is 28.7 Å². The zero-order chi connectivity index (χ0) is 23.2. The molecule has 174 valence electrons. The van der Waals surface area contributed by atoms with Crippen LogP contribution in [0.15, 0.2) is 42.3 Å². The van der Waals surface area contributed by atoms with Gasteiger partial charge in [-0.15, -0.1) is 11.3 Å². The van der Waals surface area contributed by atoms with E-state index in [1.54, 1.807) is 45.8 Å². The van der Waals surface area contributed by atoms with Gasteiger partial charge in [0.1, 0.15) is 5.75 Å². The summed E-state index contributed by atoms with van der Waals surface area (Å²) in [4.78, 5) is 16.3. The number of likely N-dealkylation sites (tertiary alicyclic amines) is 1. The number of hydrogen-bond acceptors (Lipinski definition) is 8. The number of thiazole rings is 1. The number of piperidine rings is 1. The first-order valence-corrected chi connectivity index (χ1v) is 13.5. The molecule has 5 rings (SSSR count). The molecule has 1 spiro atoms. The van der Waals surface area contributed by atoms with E-state index in [1.165, 1.54) is 0 Å². The largest absolute Gasteiger partial charge is 0.507 e. The van der Waals surface area contributed by atoms with Crippen molar-refractivity contribution in [2.45, 2.75) is 51.2 Å². The van der Waals surface area contributed by atoms with Gasteiger partial charge in [-0.1, -0.05) is 6.07 Å². The molecule has 2 fully saturated rings. The van der Waals surface area contributed by atoms with E-state index < -0.39 is 15.6 Å². The summed E-state index contributed by atoms with van der Waals surface area (Å²) in [6.45, 7) is 5.67. The molecule has 1 N–H and O–H groups in total. The van der Waals surface area contributed by atoms with E-state index in [9.17, 15) is 13.5 Å². The summed E-state index contributed by atoms with van der Waals surface area (Å²) in [6, 6.07) is 5.88. The van der Waals surface area contributed by atoms with Gasteiger partial charge < -0.3 is 5.11 Å². The zero-order valence-corrected chi connectivity index (χ0v) is 20.3. The number of hydrogen-bond donors (Lipinski definition) is 1. The minimum atomic E-state index is -3.41. The lowest BCUT2D eigenvalue weighted by molar-refractivity contribution is 0.102. The highest BCUT2D eigenvalue weighted by molar-refractivity contribution is 7.93. The van der Waals surface area contributed by atoms with Crippen molar-refractivity contribution < 1.29 is 13.5 Å². The predicted molar refractivity (Wildman–Crippen MR) is 129 cm³/mol. The topological polar surface area (TPSA) is 99.5 Å². The molecule has 0 amide bonds. The van der Waals surface area contributed by atoms with Gasteiger partial charge in [-0.05, 0) is 50.8 Å². The van der Waals surface area contributed by atoms with Crippen LogP contribution in [0.2, 0.25) is 0 Å². The number of phenolic OH excluding ortho intramolecular Hbond substituents is 1. The quantitative estimate of drug-likeness (QED) is 0.603. The molecule has 2 atom stereocenters. The Kier molecular flexibility index (Phi) is 5.62. The summed E-state index contributed by atoms with van der Waals surface area (Å²) >= 11 is 1.56. The Balaban J connectivity index is 1.37. The second kappa shape index (κ2) is 8.34. The predicted octanol–water partition coefficient (Wildman–Crippen LogP) is 3.58. The Bertz CT molecular complexity index is 1260. The molecule has 3 aromatic rings. The van der Waals surface area contributed by atoms with E-state index in [4.69, 9.17) is 0 Å². The third kappa shape index (κ3) is 4.00. The van der Waals surface area contributed by atoms with E-state index in [1.807, 2.05) is 19.1 Å². The molecule has 2 aromatic heterocycles. The van der Waals surface area contributed by atoms with E-state index in [-0.39, 0.29) is 17.5 Å². The molecule has 2 aliphatic rings. The minimum absolute atomic E-state index is 0.143. The van der Waals surface area contributed by atoms with Crippen molar-refractivity contribution >= 4 is 27.2 Å². The summed E-state index contributed by atoms with van der Waals surface area (Å²) < 4.78 is 27.4. The molecular formula is C23H27N5O3S2. The first kappa shape index (κ1) is 22.2. The third-order valence-electron chi connectivity index (χ3n) is 6.90. The first-order chi connectivity index (χ1) is 15.8. The van der Waals surface area contributed by atoms with Gasteiger partial charge in [0.15, 0.2) is 5.82 Å². The van der Waals surface area contributed by atoms with Gasteiger partial charge in [-0.3, -0.25) is 9.88 Å². The SMILES string of the molecule is Cc1scnc1-c1cc(CN2CC[C@]3(CCS(=O)(=O)N3c3cnccn3)C[C@@H]2C)ccc1O. The average molecular weight is 486 g/mol. The van der Waals surface area contributed by atoms with Crippen molar-refractivity contribution in [1.82, 2.24) is 19.9 Å². The summed E-state index contributed by atoms with van der Waals surface area (Å²) in [7, 11) is -3.41. The molecular weight excluding hydrogens is 458 g/mol. The Morgan fingerprint density at radius 3 is 2.79 bits per heavy atom. The van der Waals surface area contributed by atoms with Crippen LogP contribution in [-0.4, -0.2) is 57.3 Å². The smallest absolute Gasteiger partial charge is 0.236 e. The number of phenols is 1. The van der Waals surface area contributed by atoms with Crippen molar-refractivity contribution in [3.05, 3.63) is 52.7 Å². The van der Waals surface area contributed by atoms with Gasteiger partial charge in [0, 0.05) is 42.0 Å². The summed E-state index contributed by atoms with van der Waals surface area (Å²) in [5.41, 5.74) is 4.01. The lowest BCUT2D eigenvalue weighted by Gasteiger charge is -2.47. The average Bonchev–Trinajstić information content (AvgIpc) is 3.32. The van der Waals surface area contributed by atoms with Gasteiger partial charge in [0.25, 0.3) is 0 Å². The van der Waals surface area contributed by atoms with Gasteiger partial charge in [0.2, 0.25) is 10.0 Å². The van der Waals surface area contributed by atoms with Crippen LogP contribution in [0.1, 0.15) is 36.6 Å². The molecule has 0 bridgehead atoms. The van der Waals surface area contributed by atoms with Crippen molar-refractivity contribution in [3.8, 4) is 17.0 Å². The Labute approximate surface area is 198 Å². The van der Waals surface area contributed by atoms with Crippen molar-refractivity contribution in [2.75, 3.05) is 16.6 Å². The normalized spacial score (nSPS) is 25.0. The van der Waals surface area contributed by atoms with Crippen molar-refractivity contribution in [1.29, 1.82) is 0 Å². The Morgan fingerprint density at radius 2 is 2.09 bits per heavy atom. The van der Waals surface area contributed by atoms with Gasteiger partial charge in [-0.2, -0.15) is 0 Å². The van der Waals surface area contributed by atoms with E-state index in [2.05, 4.69) is 26.8 Å². The van der Waals surface area contributed by atoms with Crippen molar-refractivity contribution in [3.63, 3.8) is 0 Å². The van der Waals surface area contributed by atoms with Gasteiger partial charge >= 0.3 is 0 Å². The fraction of sp³-hybridized carbons (Fsp3) is 0.435. The number of aryl methyl sites for hydroxylation is 1. The maximum Gasteiger partial charge on any atom is 0.236 e. The van der Waals surface area contributed by atoms with Crippen LogP contribution in [0.25, 0.3) is 11.3 Å². The molecule has 0 saturated carbocycles. The molecule has 2 aliphatic heterocycles. The number of rotatable bonds is 4. The lowest BCUT2D eigenvalue weighted by atomic mass is 9.81. The lowest BCUT2D eigenvalue weighted by Crippen LogP contribution is -2.56. The molecule has 2 saturated heterocycles. The highest BCUT2D eigenvalue weighted by Crippen LogP contribution is 2.44. The minimum Gasteiger partial charge on any atom is -0.507 e. The fourth-order valence-corrected chi connectivity index (χ4v) is 7.90. The molecule has 4 heterocycles. The van der Waals surface area contributed by atoms with Crippen LogP contribution in [0.5, 0.6) is 5.75 Å². The maximum atomic E-state index is 12.9. The highest BCUT2D eigenvalue weighted by Gasteiger charge is 2.53. The fourth-order valence-electron chi connectivity index (χ4n) is 5.26. The van der Waals surface area contributed by atoms with E-state index in [0.29, 0.717) is 12.2 Å². The number of aromatic nitrogens is 3. The molecule has 1 aromatic carbocycles. The molecule has 0 aliphatic carbocycles. The summed E-state index contributed by atoms with van der Waals surface area (Å²) in [5, 5.41) is 10.4. The Hall–Kier alpha value is -2.56. The third-order valence-corrected chi connectivity index (χ3v) is 9.51. The van der Waals surface area contributed by atoms with Crippen LogP contribution in [0.3, 0.4) is 0 Å². The van der Waals surface area contributed by atoms with Crippen LogP contribution in [-0.2, 0) is 16.6 Å². The van der Waals surface area contributed by atoms with E-state index >= 15 is 0 Å². The molecule has 33 heavy (non-hydrogen) atoms. The van der Waals surface area contributed by atoms with Gasteiger partial charge in [-0.25, -0.2) is 22.7 Å². The first-order valence-electron chi connectivity index (χ1n) is 11.0. The van der Waals surface area contributed by atoms with E-state index in [0.717, 1.165) is 47.6 Å². The molecule has 0 unspecified atom stereocenters. The van der Waals surface area contributed by atoms with Crippen LogP contribution in [0, 0.1) is 6.92 Å². The zero-order valence-electron chi connectivity index (χ0n) is 18.7. The van der Waals surface area contributed by atoms with Crippen molar-refractivity contribution in [2.24, 2.45) is 0 Å². The second-order valence-electron chi connectivity index (χ2n) is 9.00.